The second-order valence-electron chi connectivity index (χ2n) is 25.1. The average molecular weight is 1060 g/mol. The first-order chi connectivity index (χ1) is 41.5. The smallest absolute Gasteiger partial charge is 0.0705 e. The maximum Gasteiger partial charge on any atom is 0.0705 e. The lowest BCUT2D eigenvalue weighted by Crippen LogP contribution is -2.21. The van der Waals surface area contributed by atoms with E-state index in [4.69, 9.17) is 21.8 Å². The Morgan fingerprint density at radius 2 is 0.778 bits per heavy atom. The summed E-state index contributed by atoms with van der Waals surface area (Å²) in [5.41, 5.74) is 21.8. The van der Waals surface area contributed by atoms with E-state index in [2.05, 4.69) is 217 Å². The highest BCUT2D eigenvalue weighted by Gasteiger charge is 2.35. The van der Waals surface area contributed by atoms with Crippen LogP contribution in [0.1, 0.15) is 151 Å². The van der Waals surface area contributed by atoms with Gasteiger partial charge >= 0.3 is 0 Å². The van der Waals surface area contributed by atoms with Gasteiger partial charge in [-0.25, -0.2) is 0 Å². The standard InChI is InChI=1S/C78H77N3/c1-77(2,3)65-41-43-79-75(50-65)59-37-31-56(32-38-59)68-24-14-17-27-71(68)63-46-62(47-64(48-63)72-28-18-15-25-69(72)57-33-39-60(40-34-57)76-51-66(42-44-80-76)78(4,5)6)70-26-16-13-23-67(70)55-29-35-58(36-30-55)74-49-61(45-53-19-9-7-10-20-53)73(52-81-74)54-21-11-8-12-22-54/h8,11-18,21-44,49-53,62-64H,7,9-10,19-20,45-48H2,1-6H3/i8D,11D,12D,21D,22D. The highest BCUT2D eigenvalue weighted by Crippen LogP contribution is 2.53. The summed E-state index contributed by atoms with van der Waals surface area (Å²) in [7, 11) is 0. The molecule has 3 nitrogen and oxygen atoms in total. The lowest BCUT2D eigenvalue weighted by molar-refractivity contribution is 0.353. The lowest BCUT2D eigenvalue weighted by Gasteiger charge is -2.38. The molecule has 0 amide bonds. The van der Waals surface area contributed by atoms with Crippen LogP contribution in [-0.4, -0.2) is 15.0 Å². The quantitative estimate of drug-likeness (QED) is 0.122. The highest BCUT2D eigenvalue weighted by atomic mass is 14.7. The molecule has 0 spiro atoms. The molecule has 10 aromatic rings. The maximum atomic E-state index is 8.90. The predicted molar refractivity (Wildman–Crippen MR) is 341 cm³/mol. The van der Waals surface area contributed by atoms with Crippen LogP contribution in [0.25, 0.3) is 78.3 Å². The van der Waals surface area contributed by atoms with Crippen LogP contribution in [0, 0.1) is 5.92 Å². The number of nitrogens with zero attached hydrogens (tertiary/aromatic N) is 3. The average Bonchev–Trinajstić information content (AvgIpc) is 1.67. The molecular weight excluding hydrogens is 979 g/mol. The molecule has 0 saturated heterocycles. The third kappa shape index (κ3) is 11.9. The Hall–Kier alpha value is -8.01. The first kappa shape index (κ1) is 47.8. The largest absolute Gasteiger partial charge is 0.256 e. The molecule has 0 radical (unpaired) electrons. The van der Waals surface area contributed by atoms with E-state index in [-0.39, 0.29) is 64.4 Å². The van der Waals surface area contributed by atoms with E-state index in [0.717, 1.165) is 83.4 Å². The van der Waals surface area contributed by atoms with Gasteiger partial charge in [-0.1, -0.05) is 249 Å². The number of pyridine rings is 3. The summed E-state index contributed by atoms with van der Waals surface area (Å²) >= 11 is 0. The van der Waals surface area contributed by atoms with Crippen molar-refractivity contribution in [3.8, 4) is 78.3 Å². The van der Waals surface area contributed by atoms with Crippen LogP contribution in [0.2, 0.25) is 0 Å². The summed E-state index contributed by atoms with van der Waals surface area (Å²) in [5, 5.41) is 0. The molecule has 81 heavy (non-hydrogen) atoms. The minimum Gasteiger partial charge on any atom is -0.256 e. The van der Waals surface area contributed by atoms with E-state index in [9.17, 15) is 0 Å². The number of aromatic nitrogens is 3. The third-order valence-corrected chi connectivity index (χ3v) is 17.6. The minimum absolute atomic E-state index is 0.0238. The van der Waals surface area contributed by atoms with Gasteiger partial charge in [0, 0.05) is 40.8 Å². The molecule has 3 heteroatoms. The first-order valence-electron chi connectivity index (χ1n) is 32.1. The molecule has 2 saturated carbocycles. The summed E-state index contributed by atoms with van der Waals surface area (Å²) in [6.45, 7) is 13.5. The molecule has 2 aliphatic carbocycles. The van der Waals surface area contributed by atoms with E-state index in [1.165, 1.54) is 74.9 Å². The normalized spacial score (nSPS) is 17.9. The molecule has 12 rings (SSSR count). The second-order valence-corrected chi connectivity index (χ2v) is 25.1. The van der Waals surface area contributed by atoms with Crippen molar-refractivity contribution in [3.05, 3.63) is 258 Å². The van der Waals surface area contributed by atoms with E-state index < -0.39 is 0 Å². The fourth-order valence-electron chi connectivity index (χ4n) is 13.1. The number of benzene rings is 7. The summed E-state index contributed by atoms with van der Waals surface area (Å²) in [5.74, 6) is 1.21. The number of hydrogen-bond donors (Lipinski definition) is 0. The van der Waals surface area contributed by atoms with Gasteiger partial charge in [-0.15, -0.1) is 0 Å². The summed E-state index contributed by atoms with van der Waals surface area (Å²) < 4.78 is 43.1. The topological polar surface area (TPSA) is 38.7 Å². The van der Waals surface area contributed by atoms with Crippen LogP contribution >= 0.6 is 0 Å². The summed E-state index contributed by atoms with van der Waals surface area (Å²) in [4.78, 5) is 14.6. The van der Waals surface area contributed by atoms with E-state index in [1.807, 2.05) is 12.4 Å². The predicted octanol–water partition coefficient (Wildman–Crippen LogP) is 21.1. The van der Waals surface area contributed by atoms with Crippen LogP contribution in [0.5, 0.6) is 0 Å². The zero-order chi connectivity index (χ0) is 59.9. The molecule has 7 aromatic carbocycles. The van der Waals surface area contributed by atoms with E-state index >= 15 is 0 Å². The Balaban J connectivity index is 0.904. The number of rotatable bonds is 12. The Kier molecular flexibility index (Phi) is 13.7. The van der Waals surface area contributed by atoms with Crippen molar-refractivity contribution < 1.29 is 6.85 Å². The molecule has 3 aromatic heterocycles. The van der Waals surface area contributed by atoms with E-state index in [0.29, 0.717) is 11.5 Å². The van der Waals surface area contributed by atoms with Crippen LogP contribution in [0.4, 0.5) is 0 Å². The van der Waals surface area contributed by atoms with Gasteiger partial charge in [0.1, 0.15) is 0 Å². The van der Waals surface area contributed by atoms with Crippen molar-refractivity contribution in [1.29, 1.82) is 0 Å². The fourth-order valence-corrected chi connectivity index (χ4v) is 13.1. The van der Waals surface area contributed by atoms with Crippen molar-refractivity contribution in [3.63, 3.8) is 0 Å². The van der Waals surface area contributed by atoms with Crippen LogP contribution in [0.15, 0.2) is 225 Å². The van der Waals surface area contributed by atoms with Gasteiger partial charge in [0.05, 0.1) is 23.9 Å². The molecule has 2 fully saturated rings. The SMILES string of the molecule is [2H]c1c([2H])c([2H])c(-c2cnc(-c3ccc(-c4ccccc4C4CC(c5ccccc5-c5ccc(-c6cc(C(C)(C)C)ccn6)cc5)CC(c5ccccc5-c5ccc(-c6cc(C(C)(C)C)ccn6)cc5)C4)cc3)cc2CC2CCCCC2)c([2H])c1[2H]. The van der Waals surface area contributed by atoms with Crippen molar-refractivity contribution in [2.75, 3.05) is 0 Å². The molecule has 0 bridgehead atoms. The maximum absolute atomic E-state index is 8.90. The number of hydrogen-bond acceptors (Lipinski definition) is 3. The molecule has 2 atom stereocenters. The molecule has 404 valence electrons. The summed E-state index contributed by atoms with van der Waals surface area (Å²) in [6, 6.07) is 63.6. The molecular formula is C78H77N3. The van der Waals surface area contributed by atoms with Gasteiger partial charge in [-0.05, 0) is 163 Å². The van der Waals surface area contributed by atoms with Crippen molar-refractivity contribution >= 4 is 0 Å². The molecule has 3 heterocycles. The van der Waals surface area contributed by atoms with Gasteiger partial charge < -0.3 is 0 Å². The van der Waals surface area contributed by atoms with Crippen LogP contribution in [0.3, 0.4) is 0 Å². The molecule has 2 unspecified atom stereocenters. The zero-order valence-corrected chi connectivity index (χ0v) is 48.0. The van der Waals surface area contributed by atoms with Gasteiger partial charge in [-0.3, -0.25) is 15.0 Å². The fraction of sp³-hybridized carbons (Fsp3) is 0.269. The van der Waals surface area contributed by atoms with Crippen LogP contribution in [-0.2, 0) is 17.3 Å². The zero-order valence-electron chi connectivity index (χ0n) is 53.0. The van der Waals surface area contributed by atoms with Crippen LogP contribution < -0.4 is 0 Å². The minimum atomic E-state index is -0.384. The second kappa shape index (κ2) is 23.2. The monoisotopic (exact) mass is 1060 g/mol. The van der Waals surface area contributed by atoms with E-state index in [1.54, 1.807) is 6.20 Å². The molecule has 0 aliphatic heterocycles. The van der Waals surface area contributed by atoms with Crippen molar-refractivity contribution in [1.82, 2.24) is 15.0 Å². The molecule has 0 N–H and O–H groups in total. The Bertz CT molecular complexity index is 3890. The molecule has 2 aliphatic rings. The van der Waals surface area contributed by atoms with Gasteiger partial charge in [0.15, 0.2) is 0 Å². The van der Waals surface area contributed by atoms with Gasteiger partial charge in [-0.2, -0.15) is 0 Å². The Morgan fingerprint density at radius 3 is 1.19 bits per heavy atom. The Morgan fingerprint density at radius 1 is 0.395 bits per heavy atom. The Labute approximate surface area is 489 Å². The highest BCUT2D eigenvalue weighted by molar-refractivity contribution is 5.77. The lowest BCUT2D eigenvalue weighted by atomic mass is 9.66. The van der Waals surface area contributed by atoms with Gasteiger partial charge in [0.25, 0.3) is 0 Å². The first-order valence-corrected chi connectivity index (χ1v) is 29.6. The van der Waals surface area contributed by atoms with Crippen molar-refractivity contribution in [2.45, 2.75) is 128 Å². The van der Waals surface area contributed by atoms with Crippen molar-refractivity contribution in [2.24, 2.45) is 5.92 Å². The summed E-state index contributed by atoms with van der Waals surface area (Å²) in [6.07, 6.45) is 15.2. The third-order valence-electron chi connectivity index (χ3n) is 17.6. The van der Waals surface area contributed by atoms with Gasteiger partial charge in [0.2, 0.25) is 0 Å².